The van der Waals surface area contributed by atoms with Crippen molar-refractivity contribution >= 4 is 40.8 Å². The van der Waals surface area contributed by atoms with Crippen molar-refractivity contribution in [3.05, 3.63) is 53.3 Å². The van der Waals surface area contributed by atoms with E-state index in [0.717, 1.165) is 12.1 Å². The van der Waals surface area contributed by atoms with Gasteiger partial charge in [-0.05, 0) is 36.2 Å². The summed E-state index contributed by atoms with van der Waals surface area (Å²) in [6, 6.07) is 10.9. The summed E-state index contributed by atoms with van der Waals surface area (Å²) in [4.78, 5) is 41.9. The van der Waals surface area contributed by atoms with Gasteiger partial charge in [0.05, 0.1) is 11.6 Å². The molecule has 1 aliphatic rings. The molecule has 1 atom stereocenters. The molecule has 1 N–H and O–H groups in total. The molecule has 0 radical (unpaired) electrons. The smallest absolute Gasteiger partial charge is 0.311 e. The summed E-state index contributed by atoms with van der Waals surface area (Å²) in [7, 11) is 0. The Balaban J connectivity index is 1.52. The van der Waals surface area contributed by atoms with E-state index in [0.29, 0.717) is 5.69 Å². The number of pyridine rings is 1. The van der Waals surface area contributed by atoms with E-state index in [2.05, 4.69) is 17.2 Å². The molecule has 2 amide bonds. The Morgan fingerprint density at radius 1 is 1.29 bits per heavy atom. The van der Waals surface area contributed by atoms with Gasteiger partial charge in [0, 0.05) is 24.8 Å². The number of carbonyl (C=O) groups excluding carboxylic acids is 3. The number of ether oxygens (including phenoxy) is 1. The standard InChI is InChI=1S/C20H20ClN3O4/c1-2-13-5-7-15(8-6-13)24-11-14(10-18(24)26)20(27)28-12-17(25)23-16-4-3-9-22-19(16)21/h3-9,14H,2,10-12H2,1H3,(H,23,25)/t14-/m1/s1. The summed E-state index contributed by atoms with van der Waals surface area (Å²) in [6.45, 7) is 1.83. The van der Waals surface area contributed by atoms with E-state index in [9.17, 15) is 14.4 Å². The van der Waals surface area contributed by atoms with Crippen molar-refractivity contribution in [3.8, 4) is 0 Å². The molecular formula is C20H20ClN3O4. The van der Waals surface area contributed by atoms with Gasteiger partial charge in [0.2, 0.25) is 5.91 Å². The Bertz CT molecular complexity index is 885. The first-order valence-corrected chi connectivity index (χ1v) is 9.32. The number of anilines is 2. The van der Waals surface area contributed by atoms with Crippen LogP contribution in [0.3, 0.4) is 0 Å². The highest BCUT2D eigenvalue weighted by Gasteiger charge is 2.36. The van der Waals surface area contributed by atoms with Crippen LogP contribution in [-0.4, -0.2) is 35.9 Å². The molecular weight excluding hydrogens is 382 g/mol. The predicted octanol–water partition coefficient (Wildman–Crippen LogP) is 2.83. The number of rotatable bonds is 6. The lowest BCUT2D eigenvalue weighted by molar-refractivity contribution is -0.151. The van der Waals surface area contributed by atoms with Crippen molar-refractivity contribution in [2.75, 3.05) is 23.4 Å². The molecule has 1 saturated heterocycles. The number of nitrogens with one attached hydrogen (secondary N) is 1. The molecule has 2 heterocycles. The molecule has 28 heavy (non-hydrogen) atoms. The third-order valence-electron chi connectivity index (χ3n) is 4.49. The number of halogens is 1. The van der Waals surface area contributed by atoms with Crippen molar-refractivity contribution in [3.63, 3.8) is 0 Å². The lowest BCUT2D eigenvalue weighted by Gasteiger charge is -2.17. The summed E-state index contributed by atoms with van der Waals surface area (Å²) in [6.07, 6.45) is 2.47. The van der Waals surface area contributed by atoms with E-state index in [1.807, 2.05) is 24.3 Å². The van der Waals surface area contributed by atoms with Gasteiger partial charge in [-0.15, -0.1) is 0 Å². The van der Waals surface area contributed by atoms with E-state index in [1.165, 1.54) is 11.8 Å². The van der Waals surface area contributed by atoms with Gasteiger partial charge in [-0.1, -0.05) is 30.7 Å². The van der Waals surface area contributed by atoms with E-state index in [4.69, 9.17) is 16.3 Å². The zero-order chi connectivity index (χ0) is 20.1. The number of aromatic nitrogens is 1. The number of carbonyl (C=O) groups is 3. The van der Waals surface area contributed by atoms with Gasteiger partial charge in [-0.25, -0.2) is 4.98 Å². The highest BCUT2D eigenvalue weighted by Crippen LogP contribution is 2.26. The molecule has 0 spiro atoms. The Labute approximate surface area is 167 Å². The SMILES string of the molecule is CCc1ccc(N2C[C@H](C(=O)OCC(=O)Nc3cccnc3Cl)CC2=O)cc1. The maximum Gasteiger partial charge on any atom is 0.311 e. The molecule has 8 heteroatoms. The van der Waals surface area contributed by atoms with E-state index in [1.54, 1.807) is 17.0 Å². The third kappa shape index (κ3) is 4.67. The van der Waals surface area contributed by atoms with Gasteiger partial charge in [0.25, 0.3) is 5.91 Å². The molecule has 7 nitrogen and oxygen atoms in total. The first kappa shape index (κ1) is 19.8. The molecule has 146 valence electrons. The molecule has 1 aromatic heterocycles. The van der Waals surface area contributed by atoms with Crippen LogP contribution in [0.15, 0.2) is 42.6 Å². The molecule has 1 aliphatic heterocycles. The number of aryl methyl sites for hydroxylation is 1. The minimum absolute atomic E-state index is 0.0599. The van der Waals surface area contributed by atoms with Crippen molar-refractivity contribution in [2.24, 2.45) is 5.92 Å². The monoisotopic (exact) mass is 401 g/mol. The van der Waals surface area contributed by atoms with Crippen molar-refractivity contribution in [1.29, 1.82) is 0 Å². The number of amides is 2. The largest absolute Gasteiger partial charge is 0.455 e. The van der Waals surface area contributed by atoms with Crippen LogP contribution in [-0.2, 0) is 25.5 Å². The summed E-state index contributed by atoms with van der Waals surface area (Å²) in [5.74, 6) is -1.85. The van der Waals surface area contributed by atoms with Crippen LogP contribution in [0.5, 0.6) is 0 Å². The number of hydrogen-bond donors (Lipinski definition) is 1. The zero-order valence-corrected chi connectivity index (χ0v) is 16.1. The highest BCUT2D eigenvalue weighted by molar-refractivity contribution is 6.32. The second kappa shape index (κ2) is 8.84. The van der Waals surface area contributed by atoms with Crippen LogP contribution in [0.2, 0.25) is 5.15 Å². The second-order valence-corrected chi connectivity index (χ2v) is 6.78. The quantitative estimate of drug-likeness (QED) is 0.594. The Morgan fingerprint density at radius 3 is 2.71 bits per heavy atom. The van der Waals surface area contributed by atoms with E-state index < -0.39 is 24.4 Å². The number of hydrogen-bond acceptors (Lipinski definition) is 5. The van der Waals surface area contributed by atoms with Gasteiger partial charge in [-0.2, -0.15) is 0 Å². The van der Waals surface area contributed by atoms with Gasteiger partial charge < -0.3 is 15.0 Å². The summed E-state index contributed by atoms with van der Waals surface area (Å²) < 4.78 is 5.08. The van der Waals surface area contributed by atoms with Crippen LogP contribution in [0.25, 0.3) is 0 Å². The first-order chi connectivity index (χ1) is 13.5. The van der Waals surface area contributed by atoms with Gasteiger partial charge in [0.1, 0.15) is 0 Å². The fourth-order valence-corrected chi connectivity index (χ4v) is 3.11. The Kier molecular flexibility index (Phi) is 6.26. The van der Waals surface area contributed by atoms with Gasteiger partial charge in [0.15, 0.2) is 11.8 Å². The molecule has 0 aliphatic carbocycles. The second-order valence-electron chi connectivity index (χ2n) is 6.42. The molecule has 2 aromatic rings. The number of benzene rings is 1. The normalized spacial score (nSPS) is 16.1. The lowest BCUT2D eigenvalue weighted by atomic mass is 10.1. The Hall–Kier alpha value is -2.93. The molecule has 1 fully saturated rings. The average molecular weight is 402 g/mol. The van der Waals surface area contributed by atoms with Crippen LogP contribution in [0.4, 0.5) is 11.4 Å². The highest BCUT2D eigenvalue weighted by atomic mass is 35.5. The summed E-state index contributed by atoms with van der Waals surface area (Å²) in [5, 5.41) is 2.67. The van der Waals surface area contributed by atoms with Crippen molar-refractivity contribution in [1.82, 2.24) is 4.98 Å². The van der Waals surface area contributed by atoms with Crippen LogP contribution >= 0.6 is 11.6 Å². The molecule has 0 unspecified atom stereocenters. The minimum Gasteiger partial charge on any atom is -0.455 e. The molecule has 0 bridgehead atoms. The summed E-state index contributed by atoms with van der Waals surface area (Å²) in [5.41, 5.74) is 2.26. The topological polar surface area (TPSA) is 88.6 Å². The lowest BCUT2D eigenvalue weighted by Crippen LogP contribution is -2.28. The van der Waals surface area contributed by atoms with Gasteiger partial charge >= 0.3 is 5.97 Å². The fraction of sp³-hybridized carbons (Fsp3) is 0.300. The maximum atomic E-state index is 12.3. The van der Waals surface area contributed by atoms with Gasteiger partial charge in [-0.3, -0.25) is 14.4 Å². The van der Waals surface area contributed by atoms with E-state index >= 15 is 0 Å². The van der Waals surface area contributed by atoms with Crippen LogP contribution in [0, 0.1) is 5.92 Å². The molecule has 0 saturated carbocycles. The minimum atomic E-state index is -0.604. The third-order valence-corrected chi connectivity index (χ3v) is 4.79. The molecule has 1 aromatic carbocycles. The van der Waals surface area contributed by atoms with Crippen LogP contribution in [0.1, 0.15) is 18.9 Å². The zero-order valence-electron chi connectivity index (χ0n) is 15.4. The number of nitrogens with zero attached hydrogens (tertiary/aromatic N) is 2. The van der Waals surface area contributed by atoms with Crippen molar-refractivity contribution in [2.45, 2.75) is 19.8 Å². The molecule has 3 rings (SSSR count). The van der Waals surface area contributed by atoms with E-state index in [-0.39, 0.29) is 24.0 Å². The first-order valence-electron chi connectivity index (χ1n) is 8.94. The number of esters is 1. The Morgan fingerprint density at radius 2 is 2.04 bits per heavy atom. The maximum absolute atomic E-state index is 12.3. The fourth-order valence-electron chi connectivity index (χ4n) is 2.95. The van der Waals surface area contributed by atoms with Crippen LogP contribution < -0.4 is 10.2 Å². The summed E-state index contributed by atoms with van der Waals surface area (Å²) >= 11 is 5.87. The average Bonchev–Trinajstić information content (AvgIpc) is 3.10. The predicted molar refractivity (Wildman–Crippen MR) is 105 cm³/mol. The van der Waals surface area contributed by atoms with Crippen molar-refractivity contribution < 1.29 is 19.1 Å².